The van der Waals surface area contributed by atoms with Crippen LogP contribution >= 0.6 is 11.8 Å². The van der Waals surface area contributed by atoms with Gasteiger partial charge < -0.3 is 4.74 Å². The van der Waals surface area contributed by atoms with E-state index < -0.39 is 0 Å². The third-order valence-electron chi connectivity index (χ3n) is 5.98. The van der Waals surface area contributed by atoms with E-state index in [4.69, 9.17) is 16.5 Å². The zero-order valence-corrected chi connectivity index (χ0v) is 12.8. The Morgan fingerprint density at radius 3 is 3.05 bits per heavy atom. The summed E-state index contributed by atoms with van der Waals surface area (Å²) in [5.74, 6) is 1.75. The van der Waals surface area contributed by atoms with Gasteiger partial charge in [0.2, 0.25) is 0 Å². The van der Waals surface area contributed by atoms with Crippen molar-refractivity contribution < 1.29 is 4.74 Å². The Labute approximate surface area is 126 Å². The van der Waals surface area contributed by atoms with Gasteiger partial charge in [-0.15, -0.1) is 0 Å². The van der Waals surface area contributed by atoms with Gasteiger partial charge >= 0.3 is 0 Å². The summed E-state index contributed by atoms with van der Waals surface area (Å²) in [6.45, 7) is 1.03. The molecular weight excluding hydrogens is 270 g/mol. The summed E-state index contributed by atoms with van der Waals surface area (Å²) < 4.78 is 7.58. The van der Waals surface area contributed by atoms with Crippen LogP contribution in [0.3, 0.4) is 0 Å². The third-order valence-corrected chi connectivity index (χ3v) is 6.40. The zero-order valence-electron chi connectivity index (χ0n) is 12.1. The van der Waals surface area contributed by atoms with Crippen molar-refractivity contribution in [3.8, 4) is 5.75 Å². The summed E-state index contributed by atoms with van der Waals surface area (Å²) in [5, 5.41) is 0. The highest BCUT2D eigenvalue weighted by Crippen LogP contribution is 2.56. The van der Waals surface area contributed by atoms with Gasteiger partial charge in [-0.25, -0.2) is 4.42 Å². The first kappa shape index (κ1) is 13.0. The Hall–Kier alpha value is -0.730. The molecule has 1 aliphatic heterocycles. The van der Waals surface area contributed by atoms with E-state index in [1.807, 2.05) is 0 Å². The Morgan fingerprint density at radius 2 is 2.20 bits per heavy atom. The third kappa shape index (κ3) is 1.67. The molecule has 0 N–H and O–H groups in total. The SMILES string of the molecule is COc1ccc2c(c1)[C@@]13CCCC[C@H]1[C@@H](C2)N(Cl)CC3. The lowest BCUT2D eigenvalue weighted by Gasteiger charge is -2.57. The van der Waals surface area contributed by atoms with Crippen molar-refractivity contribution in [3.05, 3.63) is 29.3 Å². The van der Waals surface area contributed by atoms with Crippen molar-refractivity contribution in [2.24, 2.45) is 5.92 Å². The van der Waals surface area contributed by atoms with Gasteiger partial charge in [-0.05, 0) is 66.6 Å². The minimum atomic E-state index is 0.371. The van der Waals surface area contributed by atoms with E-state index in [2.05, 4.69) is 22.6 Å². The van der Waals surface area contributed by atoms with Crippen LogP contribution in [0.2, 0.25) is 0 Å². The second-order valence-corrected chi connectivity index (χ2v) is 7.11. The van der Waals surface area contributed by atoms with Crippen LogP contribution in [-0.4, -0.2) is 24.1 Å². The first-order valence-electron chi connectivity index (χ1n) is 7.84. The van der Waals surface area contributed by atoms with Gasteiger partial charge in [-0.3, -0.25) is 0 Å². The summed E-state index contributed by atoms with van der Waals surface area (Å²) in [6, 6.07) is 7.22. The van der Waals surface area contributed by atoms with Crippen molar-refractivity contribution in [2.75, 3.05) is 13.7 Å². The molecule has 20 heavy (non-hydrogen) atoms. The lowest BCUT2D eigenvalue weighted by atomic mass is 9.53. The normalized spacial score (nSPS) is 36.1. The molecule has 0 spiro atoms. The Kier molecular flexibility index (Phi) is 3.01. The van der Waals surface area contributed by atoms with E-state index in [1.165, 1.54) is 37.7 Å². The highest BCUT2D eigenvalue weighted by molar-refractivity contribution is 6.13. The molecule has 1 aromatic carbocycles. The number of piperidine rings is 1. The molecule has 1 aromatic rings. The number of rotatable bonds is 1. The fraction of sp³-hybridized carbons (Fsp3) is 0.647. The molecule has 1 saturated heterocycles. The van der Waals surface area contributed by atoms with Crippen LogP contribution in [0, 0.1) is 5.92 Å². The predicted molar refractivity (Wildman–Crippen MR) is 81.3 cm³/mol. The number of halogens is 1. The van der Waals surface area contributed by atoms with Gasteiger partial charge in [0.15, 0.2) is 0 Å². The standard InChI is InChI=1S/C17H22ClNO/c1-20-13-6-5-12-10-16-14-4-2-3-7-17(14,15(12)11-13)8-9-19(16)18/h5-6,11,14,16H,2-4,7-10H2,1H3/t14-,16+,17+/m0/s1. The van der Waals surface area contributed by atoms with Crippen LogP contribution in [0.5, 0.6) is 5.75 Å². The number of fused-ring (bicyclic) bond motifs is 1. The van der Waals surface area contributed by atoms with Gasteiger partial charge in [0, 0.05) is 18.0 Å². The second-order valence-electron chi connectivity index (χ2n) is 6.68. The molecule has 0 unspecified atom stereocenters. The quantitative estimate of drug-likeness (QED) is 0.728. The fourth-order valence-electron chi connectivity index (χ4n) is 5.06. The number of methoxy groups -OCH3 is 1. The molecule has 0 aromatic heterocycles. The lowest BCUT2D eigenvalue weighted by Crippen LogP contribution is -2.58. The molecule has 3 heteroatoms. The number of ether oxygens (including phenoxy) is 1. The van der Waals surface area contributed by atoms with Crippen LogP contribution in [0.15, 0.2) is 18.2 Å². The number of hydrogen-bond acceptors (Lipinski definition) is 2. The Balaban J connectivity index is 1.88. The molecule has 2 bridgehead atoms. The fourth-order valence-corrected chi connectivity index (χ4v) is 5.35. The predicted octanol–water partition coefficient (Wildman–Crippen LogP) is 3.91. The summed E-state index contributed by atoms with van der Waals surface area (Å²) >= 11 is 6.53. The van der Waals surface area contributed by atoms with Gasteiger partial charge in [0.1, 0.15) is 5.75 Å². The highest BCUT2D eigenvalue weighted by atomic mass is 35.5. The van der Waals surface area contributed by atoms with E-state index in [0.717, 1.165) is 24.6 Å². The Morgan fingerprint density at radius 1 is 1.30 bits per heavy atom. The van der Waals surface area contributed by atoms with Crippen molar-refractivity contribution >= 4 is 11.8 Å². The molecular formula is C17H22ClNO. The number of nitrogens with zero attached hydrogens (tertiary/aromatic N) is 1. The molecule has 0 radical (unpaired) electrons. The van der Waals surface area contributed by atoms with Crippen LogP contribution in [0.1, 0.15) is 43.2 Å². The smallest absolute Gasteiger partial charge is 0.119 e. The lowest BCUT2D eigenvalue weighted by molar-refractivity contribution is 0.0324. The van der Waals surface area contributed by atoms with Crippen molar-refractivity contribution in [2.45, 2.75) is 50.0 Å². The number of benzene rings is 1. The zero-order chi connectivity index (χ0) is 13.7. The van der Waals surface area contributed by atoms with Crippen LogP contribution in [0.25, 0.3) is 0 Å². The second kappa shape index (κ2) is 4.64. The molecule has 1 heterocycles. The molecule has 108 valence electrons. The first-order chi connectivity index (χ1) is 9.74. The molecule has 0 amide bonds. The van der Waals surface area contributed by atoms with Gasteiger partial charge in [-0.1, -0.05) is 18.9 Å². The molecule has 3 aliphatic rings. The summed E-state index contributed by atoms with van der Waals surface area (Å²) in [4.78, 5) is 0. The largest absolute Gasteiger partial charge is 0.497 e. The molecule has 1 saturated carbocycles. The van der Waals surface area contributed by atoms with E-state index in [9.17, 15) is 0 Å². The van der Waals surface area contributed by atoms with Crippen molar-refractivity contribution in [1.82, 2.24) is 4.42 Å². The van der Waals surface area contributed by atoms with E-state index in [0.29, 0.717) is 11.5 Å². The van der Waals surface area contributed by atoms with Crippen LogP contribution < -0.4 is 4.74 Å². The summed E-state index contributed by atoms with van der Waals surface area (Å²) in [6.07, 6.45) is 7.71. The van der Waals surface area contributed by atoms with Crippen LogP contribution in [0.4, 0.5) is 0 Å². The van der Waals surface area contributed by atoms with E-state index in [1.54, 1.807) is 12.7 Å². The maximum atomic E-state index is 6.53. The van der Waals surface area contributed by atoms with Gasteiger partial charge in [0.25, 0.3) is 0 Å². The molecule has 2 fully saturated rings. The van der Waals surface area contributed by atoms with E-state index >= 15 is 0 Å². The molecule has 3 atom stereocenters. The summed E-state index contributed by atoms with van der Waals surface area (Å²) in [5.41, 5.74) is 3.44. The van der Waals surface area contributed by atoms with Gasteiger partial charge in [-0.2, -0.15) is 0 Å². The minimum absolute atomic E-state index is 0.371. The number of hydrogen-bond donors (Lipinski definition) is 0. The first-order valence-corrected chi connectivity index (χ1v) is 8.18. The van der Waals surface area contributed by atoms with Crippen molar-refractivity contribution in [3.63, 3.8) is 0 Å². The average molecular weight is 292 g/mol. The topological polar surface area (TPSA) is 12.5 Å². The molecule has 2 nitrogen and oxygen atoms in total. The maximum absolute atomic E-state index is 6.53. The van der Waals surface area contributed by atoms with E-state index in [-0.39, 0.29) is 0 Å². The molecule has 2 aliphatic carbocycles. The monoisotopic (exact) mass is 291 g/mol. The Bertz CT molecular complexity index is 532. The van der Waals surface area contributed by atoms with Crippen molar-refractivity contribution in [1.29, 1.82) is 0 Å². The minimum Gasteiger partial charge on any atom is -0.497 e. The van der Waals surface area contributed by atoms with Crippen LogP contribution in [-0.2, 0) is 11.8 Å². The van der Waals surface area contributed by atoms with Gasteiger partial charge in [0.05, 0.1) is 7.11 Å². The maximum Gasteiger partial charge on any atom is 0.119 e. The molecule has 4 rings (SSSR count). The highest BCUT2D eigenvalue weighted by Gasteiger charge is 2.53. The summed E-state index contributed by atoms with van der Waals surface area (Å²) in [7, 11) is 1.77. The average Bonchev–Trinajstić information content (AvgIpc) is 2.50.